The highest BCUT2D eigenvalue weighted by Crippen LogP contribution is 2.35. The number of imide groups is 1. The van der Waals surface area contributed by atoms with Crippen molar-refractivity contribution in [2.24, 2.45) is 0 Å². The van der Waals surface area contributed by atoms with Gasteiger partial charge in [-0.25, -0.2) is 0 Å². The third kappa shape index (κ3) is 4.94. The van der Waals surface area contributed by atoms with Gasteiger partial charge >= 0.3 is 0 Å². The molecule has 1 fully saturated rings. The highest BCUT2D eigenvalue weighted by atomic mass is 127. The highest BCUT2D eigenvalue weighted by molar-refractivity contribution is 14.1. The Morgan fingerprint density at radius 3 is 2.33 bits per heavy atom. The fourth-order valence-electron chi connectivity index (χ4n) is 3.02. The van der Waals surface area contributed by atoms with Crippen molar-refractivity contribution in [3.63, 3.8) is 0 Å². The van der Waals surface area contributed by atoms with Crippen LogP contribution in [0.3, 0.4) is 0 Å². The molecule has 1 heterocycles. The van der Waals surface area contributed by atoms with Crippen LogP contribution in [0.25, 0.3) is 6.08 Å². The van der Waals surface area contributed by atoms with Crippen molar-refractivity contribution < 1.29 is 14.3 Å². The molecule has 4 nitrogen and oxygen atoms in total. The zero-order valence-corrected chi connectivity index (χ0v) is 18.9. The molecule has 0 bridgehead atoms. The number of para-hydroxylation sites is 1. The number of halogens is 1. The molecule has 0 atom stereocenters. The Morgan fingerprint density at radius 1 is 0.867 bits per heavy atom. The zero-order chi connectivity index (χ0) is 20.9. The summed E-state index contributed by atoms with van der Waals surface area (Å²) in [7, 11) is 0. The Bertz CT molecular complexity index is 1100. The van der Waals surface area contributed by atoms with Gasteiger partial charge in [0.25, 0.3) is 11.1 Å². The molecule has 0 N–H and O–H groups in total. The maximum absolute atomic E-state index is 12.9. The van der Waals surface area contributed by atoms with Gasteiger partial charge in [-0.15, -0.1) is 0 Å². The fourth-order valence-corrected chi connectivity index (χ4v) is 4.21. The highest BCUT2D eigenvalue weighted by Gasteiger charge is 2.35. The summed E-state index contributed by atoms with van der Waals surface area (Å²) in [6.45, 7) is 0.699. The largest absolute Gasteiger partial charge is 0.488 e. The van der Waals surface area contributed by atoms with Crippen LogP contribution in [-0.4, -0.2) is 16.0 Å². The van der Waals surface area contributed by atoms with Crippen LogP contribution in [0.1, 0.15) is 16.7 Å². The van der Waals surface area contributed by atoms with Gasteiger partial charge < -0.3 is 4.74 Å². The maximum atomic E-state index is 12.9. The molecule has 1 saturated heterocycles. The number of thioether (sulfide) groups is 1. The third-order valence-corrected chi connectivity index (χ3v) is 6.20. The minimum atomic E-state index is -0.276. The van der Waals surface area contributed by atoms with Gasteiger partial charge in [-0.1, -0.05) is 60.7 Å². The van der Waals surface area contributed by atoms with Crippen LogP contribution in [-0.2, 0) is 17.9 Å². The molecule has 0 aromatic heterocycles. The van der Waals surface area contributed by atoms with E-state index in [0.29, 0.717) is 17.3 Å². The molecule has 30 heavy (non-hydrogen) atoms. The second-order valence-electron chi connectivity index (χ2n) is 6.71. The van der Waals surface area contributed by atoms with E-state index >= 15 is 0 Å². The number of carbonyl (C=O) groups is 2. The van der Waals surface area contributed by atoms with Crippen molar-refractivity contribution in [3.05, 3.63) is 104 Å². The van der Waals surface area contributed by atoms with E-state index in [4.69, 9.17) is 4.74 Å². The predicted octanol–water partition coefficient (Wildman–Crippen LogP) is 6.11. The maximum Gasteiger partial charge on any atom is 0.293 e. The Morgan fingerprint density at radius 2 is 1.57 bits per heavy atom. The number of rotatable bonds is 6. The molecule has 1 aliphatic heterocycles. The Labute approximate surface area is 193 Å². The molecule has 3 aromatic rings. The number of carbonyl (C=O) groups excluding carboxylic acids is 2. The monoisotopic (exact) mass is 527 g/mol. The summed E-state index contributed by atoms with van der Waals surface area (Å²) in [5, 5.41) is -0.257. The van der Waals surface area contributed by atoms with Gasteiger partial charge in [-0.3, -0.25) is 14.5 Å². The average molecular weight is 527 g/mol. The van der Waals surface area contributed by atoms with Crippen LogP contribution in [0.5, 0.6) is 5.75 Å². The van der Waals surface area contributed by atoms with Crippen LogP contribution in [0.4, 0.5) is 4.79 Å². The molecular formula is C24H18INO3S. The van der Waals surface area contributed by atoms with E-state index < -0.39 is 0 Å². The molecule has 4 rings (SSSR count). The Balaban J connectivity index is 1.51. The topological polar surface area (TPSA) is 46.6 Å². The van der Waals surface area contributed by atoms with Gasteiger partial charge in [-0.2, -0.15) is 0 Å². The number of hydrogen-bond donors (Lipinski definition) is 0. The number of benzene rings is 3. The Kier molecular flexibility index (Phi) is 6.54. The minimum absolute atomic E-state index is 0.257. The van der Waals surface area contributed by atoms with E-state index in [1.54, 1.807) is 6.08 Å². The van der Waals surface area contributed by atoms with E-state index in [1.165, 1.54) is 4.90 Å². The summed E-state index contributed by atoms with van der Waals surface area (Å²) >= 11 is 3.19. The number of amides is 2. The standard InChI is InChI=1S/C24H18INO3S/c25-20-12-10-17(11-13-20)15-26-23(27)22(30-24(26)28)14-19-8-4-5-9-21(19)29-16-18-6-2-1-3-7-18/h1-14H,15-16H2/b22-14-. The molecule has 2 amide bonds. The first-order valence-corrected chi connectivity index (χ1v) is 11.3. The van der Waals surface area contributed by atoms with E-state index in [9.17, 15) is 9.59 Å². The minimum Gasteiger partial charge on any atom is -0.488 e. The van der Waals surface area contributed by atoms with Crippen molar-refractivity contribution in [2.45, 2.75) is 13.2 Å². The molecule has 0 spiro atoms. The van der Waals surface area contributed by atoms with Gasteiger partial charge in [0.2, 0.25) is 0 Å². The first-order valence-electron chi connectivity index (χ1n) is 9.36. The summed E-state index contributed by atoms with van der Waals surface area (Å²) < 4.78 is 7.07. The van der Waals surface area contributed by atoms with Gasteiger partial charge in [0.1, 0.15) is 12.4 Å². The van der Waals surface area contributed by atoms with Crippen molar-refractivity contribution >= 4 is 51.6 Å². The summed E-state index contributed by atoms with van der Waals surface area (Å²) in [6, 6.07) is 25.2. The Hall–Kier alpha value is -2.58. The molecule has 0 unspecified atom stereocenters. The van der Waals surface area contributed by atoms with Gasteiger partial charge in [0.05, 0.1) is 11.4 Å². The third-order valence-electron chi connectivity index (χ3n) is 4.57. The summed E-state index contributed by atoms with van der Waals surface area (Å²) in [6.07, 6.45) is 1.74. The van der Waals surface area contributed by atoms with Crippen molar-refractivity contribution in [3.8, 4) is 5.75 Å². The van der Waals surface area contributed by atoms with Crippen LogP contribution in [0.15, 0.2) is 83.8 Å². The number of nitrogens with zero attached hydrogens (tertiary/aromatic N) is 1. The summed E-state index contributed by atoms with van der Waals surface area (Å²) in [4.78, 5) is 27.0. The lowest BCUT2D eigenvalue weighted by atomic mass is 10.1. The number of ether oxygens (including phenoxy) is 1. The van der Waals surface area contributed by atoms with Gasteiger partial charge in [0.15, 0.2) is 0 Å². The van der Waals surface area contributed by atoms with E-state index in [1.807, 2.05) is 78.9 Å². The van der Waals surface area contributed by atoms with Crippen LogP contribution < -0.4 is 4.74 Å². The van der Waals surface area contributed by atoms with E-state index in [2.05, 4.69) is 22.6 Å². The smallest absolute Gasteiger partial charge is 0.293 e. The van der Waals surface area contributed by atoms with Crippen molar-refractivity contribution in [1.82, 2.24) is 4.90 Å². The van der Waals surface area contributed by atoms with E-state index in [-0.39, 0.29) is 17.7 Å². The predicted molar refractivity (Wildman–Crippen MR) is 128 cm³/mol. The van der Waals surface area contributed by atoms with Crippen LogP contribution in [0.2, 0.25) is 0 Å². The molecule has 0 radical (unpaired) electrons. The summed E-state index contributed by atoms with van der Waals surface area (Å²) in [5.74, 6) is 0.396. The molecule has 0 aliphatic carbocycles. The lowest BCUT2D eigenvalue weighted by molar-refractivity contribution is -0.123. The SMILES string of the molecule is O=C1S/C(=C\c2ccccc2OCc2ccccc2)C(=O)N1Cc1ccc(I)cc1. The average Bonchev–Trinajstić information content (AvgIpc) is 3.03. The molecule has 3 aromatic carbocycles. The number of hydrogen-bond acceptors (Lipinski definition) is 4. The summed E-state index contributed by atoms with van der Waals surface area (Å²) in [5.41, 5.74) is 2.75. The first kappa shape index (κ1) is 20.7. The lowest BCUT2D eigenvalue weighted by Crippen LogP contribution is -2.27. The van der Waals surface area contributed by atoms with Crippen molar-refractivity contribution in [2.75, 3.05) is 0 Å². The normalized spacial score (nSPS) is 15.1. The van der Waals surface area contributed by atoms with Crippen LogP contribution >= 0.6 is 34.4 Å². The quantitative estimate of drug-likeness (QED) is 0.287. The molecule has 6 heteroatoms. The zero-order valence-electron chi connectivity index (χ0n) is 16.0. The van der Waals surface area contributed by atoms with E-state index in [0.717, 1.165) is 32.0 Å². The van der Waals surface area contributed by atoms with Crippen molar-refractivity contribution in [1.29, 1.82) is 0 Å². The second-order valence-corrected chi connectivity index (χ2v) is 8.95. The van der Waals surface area contributed by atoms with Gasteiger partial charge in [-0.05, 0) is 69.8 Å². The second kappa shape index (κ2) is 9.49. The first-order chi connectivity index (χ1) is 14.6. The molecule has 150 valence electrons. The van der Waals surface area contributed by atoms with Gasteiger partial charge in [0, 0.05) is 9.13 Å². The molecular weight excluding hydrogens is 509 g/mol. The molecule has 0 saturated carbocycles. The van der Waals surface area contributed by atoms with Crippen LogP contribution in [0, 0.1) is 3.57 Å². The lowest BCUT2D eigenvalue weighted by Gasteiger charge is -2.12. The fraction of sp³-hybridized carbons (Fsp3) is 0.0833. The molecule has 1 aliphatic rings.